The Kier molecular flexibility index (Phi) is 6.16. The number of nitrogens with two attached hydrogens (primary N) is 1. The van der Waals surface area contributed by atoms with Crippen molar-refractivity contribution < 1.29 is 24.0 Å². The van der Waals surface area contributed by atoms with Crippen LogP contribution >= 0.6 is 0 Å². The van der Waals surface area contributed by atoms with Crippen LogP contribution in [0.15, 0.2) is 23.4 Å². The van der Waals surface area contributed by atoms with E-state index in [0.717, 1.165) is 18.4 Å². The number of amides is 3. The van der Waals surface area contributed by atoms with Gasteiger partial charge in [-0.05, 0) is 37.2 Å². The number of allylic oxidation sites excluding steroid dienone is 3. The molecule has 26 heavy (non-hydrogen) atoms. The van der Waals surface area contributed by atoms with Crippen LogP contribution < -0.4 is 11.1 Å². The zero-order valence-electron chi connectivity index (χ0n) is 16.0. The predicted molar refractivity (Wildman–Crippen MR) is 97.2 cm³/mol. The number of quaternary nitrogens is 1. The van der Waals surface area contributed by atoms with Gasteiger partial charge in [-0.1, -0.05) is 26.0 Å². The van der Waals surface area contributed by atoms with Crippen LogP contribution in [0.5, 0.6) is 0 Å². The van der Waals surface area contributed by atoms with Gasteiger partial charge in [0.25, 0.3) is 0 Å². The fourth-order valence-electron chi connectivity index (χ4n) is 3.42. The summed E-state index contributed by atoms with van der Waals surface area (Å²) in [6.45, 7) is 5.30. The first-order valence-electron chi connectivity index (χ1n) is 9.19. The average molecular weight is 364 g/mol. The summed E-state index contributed by atoms with van der Waals surface area (Å²) >= 11 is 0. The smallest absolute Gasteiger partial charge is 0.369 e. The average Bonchev–Trinajstić information content (AvgIpc) is 2.71. The van der Waals surface area contributed by atoms with Crippen molar-refractivity contribution in [1.29, 1.82) is 0 Å². The van der Waals surface area contributed by atoms with E-state index in [-0.39, 0.29) is 17.5 Å². The molecule has 0 radical (unpaired) electrons. The second kappa shape index (κ2) is 7.82. The van der Waals surface area contributed by atoms with Crippen LogP contribution in [0, 0.1) is 11.8 Å². The first kappa shape index (κ1) is 20.5. The van der Waals surface area contributed by atoms with Gasteiger partial charge in [0.15, 0.2) is 11.8 Å². The Morgan fingerprint density at radius 3 is 2.54 bits per heavy atom. The topological polar surface area (TPSA) is 109 Å². The third-order valence-electron chi connectivity index (χ3n) is 5.33. The summed E-state index contributed by atoms with van der Waals surface area (Å²) in [5, 5.41) is 12.9. The molecule has 0 aromatic rings. The van der Waals surface area contributed by atoms with Crippen LogP contribution in [-0.4, -0.2) is 53.0 Å². The Bertz CT molecular complexity index is 666. The summed E-state index contributed by atoms with van der Waals surface area (Å²) < 4.78 is -0.554. The molecule has 4 N–H and O–H groups in total. The second-order valence-electron chi connectivity index (χ2n) is 7.82. The van der Waals surface area contributed by atoms with Crippen LogP contribution in [0.4, 0.5) is 0 Å². The number of fused-ring (bicyclic) bond motifs is 1. The van der Waals surface area contributed by atoms with Gasteiger partial charge in [-0.15, -0.1) is 0 Å². The largest absolute Gasteiger partial charge is 0.379 e. The molecular formula is C19H30N3O4+. The van der Waals surface area contributed by atoms with E-state index >= 15 is 0 Å². The van der Waals surface area contributed by atoms with Crippen molar-refractivity contribution >= 4 is 17.7 Å². The molecule has 0 fully saturated rings. The number of aliphatic hydroxyl groups is 1. The Labute approximate surface area is 154 Å². The predicted octanol–water partition coefficient (Wildman–Crippen LogP) is 0.591. The Morgan fingerprint density at radius 1 is 1.31 bits per heavy atom. The second-order valence-corrected chi connectivity index (χ2v) is 7.82. The van der Waals surface area contributed by atoms with Gasteiger partial charge in [0, 0.05) is 6.42 Å². The van der Waals surface area contributed by atoms with Gasteiger partial charge in [-0.2, -0.15) is 4.48 Å². The fourth-order valence-corrected chi connectivity index (χ4v) is 3.42. The molecule has 7 nitrogen and oxygen atoms in total. The number of likely N-dealkylation sites (N-methyl/N-ethyl adjacent to an activating group) is 1. The minimum Gasteiger partial charge on any atom is -0.379 e. The lowest BCUT2D eigenvalue weighted by Crippen LogP contribution is -2.60. The molecule has 0 bridgehead atoms. The van der Waals surface area contributed by atoms with Gasteiger partial charge >= 0.3 is 11.8 Å². The summed E-state index contributed by atoms with van der Waals surface area (Å²) in [6, 6.07) is -0.777. The van der Waals surface area contributed by atoms with Crippen LogP contribution in [-0.2, 0) is 14.4 Å². The van der Waals surface area contributed by atoms with Gasteiger partial charge in [-0.25, -0.2) is 9.59 Å². The van der Waals surface area contributed by atoms with Crippen molar-refractivity contribution in [3.8, 4) is 0 Å². The number of imide groups is 1. The Morgan fingerprint density at radius 2 is 1.96 bits per heavy atom. The van der Waals surface area contributed by atoms with Crippen LogP contribution in [0.2, 0.25) is 0 Å². The number of rotatable bonds is 4. The monoisotopic (exact) mass is 364 g/mol. The maximum Gasteiger partial charge on any atom is 0.369 e. The molecule has 1 aliphatic carbocycles. The number of carbonyl (C=O) groups excluding carboxylic acids is 3. The number of aliphatic hydroxyl groups excluding tert-OH is 1. The zero-order valence-corrected chi connectivity index (χ0v) is 16.0. The van der Waals surface area contributed by atoms with E-state index in [0.29, 0.717) is 13.0 Å². The molecule has 4 atom stereocenters. The zero-order chi connectivity index (χ0) is 19.6. The van der Waals surface area contributed by atoms with E-state index in [2.05, 4.69) is 5.32 Å². The van der Waals surface area contributed by atoms with Crippen molar-refractivity contribution in [1.82, 2.24) is 5.32 Å². The number of nitrogens with zero attached hydrogens (tertiary/aromatic N) is 1. The van der Waals surface area contributed by atoms with Gasteiger partial charge in [0.1, 0.15) is 0 Å². The van der Waals surface area contributed by atoms with Gasteiger partial charge < -0.3 is 16.2 Å². The highest BCUT2D eigenvalue weighted by Gasteiger charge is 2.49. The molecule has 0 aromatic carbocycles. The first-order valence-corrected chi connectivity index (χ1v) is 9.19. The molecule has 3 amide bonds. The van der Waals surface area contributed by atoms with E-state index in [1.165, 1.54) is 14.0 Å². The summed E-state index contributed by atoms with van der Waals surface area (Å²) in [7, 11) is 1.52. The normalized spacial score (nSPS) is 28.4. The molecule has 2 aliphatic rings. The minimum atomic E-state index is -1.24. The molecule has 0 saturated heterocycles. The van der Waals surface area contributed by atoms with Crippen molar-refractivity contribution in [2.75, 3.05) is 13.6 Å². The standard InChI is InChI=1S/C19H29N3O4/c1-11(2)16(23)19(26)22(4)10-9-13-7-5-6-8-14(13)15(18(22)25)21-17(24)12(3)20/h6,8,11-13,16,23H,5,7,9-10,20H2,1-4H3/p+1/t12-,13?,16-,22-/m0/s1. The van der Waals surface area contributed by atoms with Gasteiger partial charge in [0.2, 0.25) is 5.91 Å². The molecule has 1 heterocycles. The highest BCUT2D eigenvalue weighted by atomic mass is 16.3. The van der Waals surface area contributed by atoms with E-state index in [1.807, 2.05) is 12.2 Å². The number of hydrogen-bond donors (Lipinski definition) is 3. The Hall–Kier alpha value is -1.83. The maximum atomic E-state index is 13.3. The van der Waals surface area contributed by atoms with Crippen LogP contribution in [0.25, 0.3) is 0 Å². The molecule has 2 rings (SSSR count). The molecule has 0 saturated carbocycles. The molecule has 1 aliphatic heterocycles. The van der Waals surface area contributed by atoms with E-state index < -0.39 is 34.4 Å². The van der Waals surface area contributed by atoms with E-state index in [4.69, 9.17) is 5.73 Å². The van der Waals surface area contributed by atoms with Crippen molar-refractivity contribution in [3.05, 3.63) is 23.4 Å². The minimum absolute atomic E-state index is 0.0938. The molecule has 144 valence electrons. The first-order chi connectivity index (χ1) is 12.1. The molecule has 0 spiro atoms. The van der Waals surface area contributed by atoms with Gasteiger partial charge in [-0.3, -0.25) is 4.79 Å². The SMILES string of the molecule is CC(C)[C@H](O)C(=O)[N@@+]1(C)CCC2CCC=CC2=C(NC(=O)[C@H](C)N)C1=O. The number of carbonyl (C=O) groups is 3. The third-order valence-corrected chi connectivity index (χ3v) is 5.33. The summed E-state index contributed by atoms with van der Waals surface area (Å²) in [6.07, 6.45) is 4.98. The summed E-state index contributed by atoms with van der Waals surface area (Å²) in [5.74, 6) is -1.71. The molecule has 1 unspecified atom stereocenters. The van der Waals surface area contributed by atoms with Crippen molar-refractivity contribution in [2.24, 2.45) is 17.6 Å². The maximum absolute atomic E-state index is 13.3. The lowest BCUT2D eigenvalue weighted by Gasteiger charge is -2.31. The molecular weight excluding hydrogens is 334 g/mol. The van der Waals surface area contributed by atoms with Crippen LogP contribution in [0.1, 0.15) is 40.0 Å². The van der Waals surface area contributed by atoms with Crippen LogP contribution in [0.3, 0.4) is 0 Å². The Balaban J connectivity index is 2.50. The van der Waals surface area contributed by atoms with Crippen molar-refractivity contribution in [3.63, 3.8) is 0 Å². The third kappa shape index (κ3) is 3.79. The molecule has 0 aromatic heterocycles. The number of hydrogen-bond acceptors (Lipinski definition) is 5. The molecule has 7 heteroatoms. The summed E-state index contributed by atoms with van der Waals surface area (Å²) in [4.78, 5) is 38.4. The lowest BCUT2D eigenvalue weighted by molar-refractivity contribution is -0.758. The highest BCUT2D eigenvalue weighted by molar-refractivity contribution is 6.01. The summed E-state index contributed by atoms with van der Waals surface area (Å²) in [5.41, 5.74) is 6.54. The van der Waals surface area contributed by atoms with E-state index in [1.54, 1.807) is 13.8 Å². The van der Waals surface area contributed by atoms with Gasteiger partial charge in [0.05, 0.1) is 19.6 Å². The quantitative estimate of drug-likeness (QED) is 0.633. The lowest BCUT2D eigenvalue weighted by atomic mass is 9.86. The number of nitrogens with one attached hydrogen (secondary N) is 1. The van der Waals surface area contributed by atoms with Crippen molar-refractivity contribution in [2.45, 2.75) is 52.2 Å². The van der Waals surface area contributed by atoms with E-state index in [9.17, 15) is 19.5 Å². The fraction of sp³-hybridized carbons (Fsp3) is 0.632. The highest BCUT2D eigenvalue weighted by Crippen LogP contribution is 2.34.